The molecule has 1 saturated heterocycles. The summed E-state index contributed by atoms with van der Waals surface area (Å²) in [6, 6.07) is 8.12. The zero-order valence-corrected chi connectivity index (χ0v) is 16.5. The zero-order chi connectivity index (χ0) is 21.0. The molecule has 29 heavy (non-hydrogen) atoms. The third-order valence-electron chi connectivity index (χ3n) is 5.01. The van der Waals surface area contributed by atoms with E-state index in [0.29, 0.717) is 38.4 Å². The molecule has 0 saturated carbocycles. The van der Waals surface area contributed by atoms with Crippen molar-refractivity contribution in [2.24, 2.45) is 0 Å². The van der Waals surface area contributed by atoms with Crippen LogP contribution in [-0.2, 0) is 11.3 Å². The van der Waals surface area contributed by atoms with Gasteiger partial charge in [-0.05, 0) is 38.1 Å². The molecule has 9 heteroatoms. The Morgan fingerprint density at radius 2 is 1.90 bits per heavy atom. The van der Waals surface area contributed by atoms with Crippen molar-refractivity contribution in [1.82, 2.24) is 19.6 Å². The highest BCUT2D eigenvalue weighted by atomic mass is 19.1. The van der Waals surface area contributed by atoms with Gasteiger partial charge < -0.3 is 10.2 Å². The molecule has 0 radical (unpaired) electrons. The topological polar surface area (TPSA) is 87.5 Å². The van der Waals surface area contributed by atoms with Gasteiger partial charge in [0.05, 0.1) is 6.04 Å². The molecule has 1 atom stereocenters. The van der Waals surface area contributed by atoms with Gasteiger partial charge >= 0.3 is 0 Å². The van der Waals surface area contributed by atoms with Crippen LogP contribution in [-0.4, -0.2) is 63.6 Å². The van der Waals surface area contributed by atoms with Crippen LogP contribution >= 0.6 is 0 Å². The van der Waals surface area contributed by atoms with E-state index in [-0.39, 0.29) is 23.1 Å². The van der Waals surface area contributed by atoms with E-state index in [1.807, 2.05) is 4.90 Å². The van der Waals surface area contributed by atoms with Crippen molar-refractivity contribution >= 4 is 17.5 Å². The Morgan fingerprint density at radius 3 is 2.55 bits per heavy atom. The number of piperazine rings is 1. The Balaban J connectivity index is 1.57. The average Bonchev–Trinajstić information content (AvgIpc) is 2.73. The third-order valence-corrected chi connectivity index (χ3v) is 5.01. The standard InChI is InChI=1S/C20H24FN5O3/c1-3-26-18(27)8-7-17(23-26)20(29)25-11-9-24(10-12-25)14(2)19(28)22-16-6-4-5-15(21)13-16/h4-8,13-14H,3,9-12H2,1-2H3,(H,22,28). The van der Waals surface area contributed by atoms with Crippen molar-refractivity contribution < 1.29 is 14.0 Å². The number of aromatic nitrogens is 2. The lowest BCUT2D eigenvalue weighted by Crippen LogP contribution is -2.54. The maximum Gasteiger partial charge on any atom is 0.274 e. The van der Waals surface area contributed by atoms with Crippen LogP contribution in [0.1, 0.15) is 24.3 Å². The molecule has 1 unspecified atom stereocenters. The predicted molar refractivity (Wildman–Crippen MR) is 106 cm³/mol. The van der Waals surface area contributed by atoms with Crippen molar-refractivity contribution in [3.63, 3.8) is 0 Å². The van der Waals surface area contributed by atoms with Crippen LogP contribution in [0.5, 0.6) is 0 Å². The summed E-state index contributed by atoms with van der Waals surface area (Å²) < 4.78 is 14.5. The van der Waals surface area contributed by atoms with Crippen LogP contribution < -0.4 is 10.9 Å². The highest BCUT2D eigenvalue weighted by Gasteiger charge is 2.28. The Morgan fingerprint density at radius 1 is 1.17 bits per heavy atom. The van der Waals surface area contributed by atoms with Gasteiger partial charge in [-0.25, -0.2) is 9.07 Å². The van der Waals surface area contributed by atoms with E-state index >= 15 is 0 Å². The number of carbonyl (C=O) groups is 2. The van der Waals surface area contributed by atoms with Crippen molar-refractivity contribution in [2.75, 3.05) is 31.5 Å². The molecule has 154 valence electrons. The molecule has 0 aliphatic carbocycles. The monoisotopic (exact) mass is 401 g/mol. The number of nitrogens with zero attached hydrogens (tertiary/aromatic N) is 4. The van der Waals surface area contributed by atoms with Gasteiger partial charge in [0.2, 0.25) is 5.91 Å². The number of amides is 2. The van der Waals surface area contributed by atoms with Crippen LogP contribution in [0.2, 0.25) is 0 Å². The molecule has 1 aliphatic rings. The number of anilines is 1. The van der Waals surface area contributed by atoms with E-state index in [1.54, 1.807) is 24.8 Å². The average molecular weight is 401 g/mol. The van der Waals surface area contributed by atoms with Gasteiger partial charge in [0.25, 0.3) is 11.5 Å². The first-order chi connectivity index (χ1) is 13.9. The maximum atomic E-state index is 13.3. The number of nitrogens with one attached hydrogen (secondary N) is 1. The Bertz CT molecular complexity index is 953. The summed E-state index contributed by atoms with van der Waals surface area (Å²) in [5, 5.41) is 6.82. The fourth-order valence-electron chi connectivity index (χ4n) is 3.24. The maximum absolute atomic E-state index is 13.3. The molecule has 1 N–H and O–H groups in total. The molecule has 3 rings (SSSR count). The summed E-state index contributed by atoms with van der Waals surface area (Å²) in [7, 11) is 0. The molecule has 2 aromatic rings. The van der Waals surface area contributed by atoms with Crippen LogP contribution in [0.15, 0.2) is 41.2 Å². The Hall–Kier alpha value is -3.07. The Labute approximate surface area is 167 Å². The van der Waals surface area contributed by atoms with Crippen LogP contribution in [0, 0.1) is 5.82 Å². The lowest BCUT2D eigenvalue weighted by molar-refractivity contribution is -0.121. The largest absolute Gasteiger partial charge is 0.335 e. The second-order valence-corrected chi connectivity index (χ2v) is 6.88. The van der Waals surface area contributed by atoms with Gasteiger partial charge in [0, 0.05) is 44.5 Å². The summed E-state index contributed by atoms with van der Waals surface area (Å²) in [6.45, 7) is 5.91. The first kappa shape index (κ1) is 20.7. The Kier molecular flexibility index (Phi) is 6.38. The SMILES string of the molecule is CCn1nc(C(=O)N2CCN(C(C)C(=O)Nc3cccc(F)c3)CC2)ccc1=O. The lowest BCUT2D eigenvalue weighted by Gasteiger charge is -2.37. The van der Waals surface area contributed by atoms with Crippen LogP contribution in [0.3, 0.4) is 0 Å². The molecule has 1 aromatic carbocycles. The second kappa shape index (κ2) is 8.95. The van der Waals surface area contributed by atoms with E-state index < -0.39 is 11.9 Å². The van der Waals surface area contributed by atoms with E-state index in [0.717, 1.165) is 0 Å². The normalized spacial score (nSPS) is 15.8. The molecule has 8 nitrogen and oxygen atoms in total. The van der Waals surface area contributed by atoms with Crippen molar-refractivity contribution in [3.05, 3.63) is 58.3 Å². The van der Waals surface area contributed by atoms with Crippen molar-refractivity contribution in [1.29, 1.82) is 0 Å². The van der Waals surface area contributed by atoms with Gasteiger partial charge in [-0.15, -0.1) is 0 Å². The molecule has 2 heterocycles. The number of halogens is 1. The molecular weight excluding hydrogens is 377 g/mol. The number of benzene rings is 1. The molecule has 1 fully saturated rings. The summed E-state index contributed by atoms with van der Waals surface area (Å²) in [4.78, 5) is 40.4. The van der Waals surface area contributed by atoms with Crippen LogP contribution in [0.4, 0.5) is 10.1 Å². The number of aryl methyl sites for hydroxylation is 1. The minimum atomic E-state index is -0.421. The fourth-order valence-corrected chi connectivity index (χ4v) is 3.24. The summed E-state index contributed by atoms with van der Waals surface area (Å²) >= 11 is 0. The van der Waals surface area contributed by atoms with E-state index in [2.05, 4.69) is 10.4 Å². The number of rotatable bonds is 5. The van der Waals surface area contributed by atoms with E-state index in [1.165, 1.54) is 35.0 Å². The van der Waals surface area contributed by atoms with Crippen molar-refractivity contribution in [3.8, 4) is 0 Å². The molecule has 1 aliphatic heterocycles. The minimum Gasteiger partial charge on any atom is -0.335 e. The highest BCUT2D eigenvalue weighted by Crippen LogP contribution is 2.13. The van der Waals surface area contributed by atoms with Gasteiger partial charge in [0.15, 0.2) is 0 Å². The van der Waals surface area contributed by atoms with Crippen LogP contribution in [0.25, 0.3) is 0 Å². The first-order valence-electron chi connectivity index (χ1n) is 9.57. The molecule has 1 aromatic heterocycles. The van der Waals surface area contributed by atoms with E-state index in [9.17, 15) is 18.8 Å². The van der Waals surface area contributed by atoms with Crippen molar-refractivity contribution in [2.45, 2.75) is 26.4 Å². The van der Waals surface area contributed by atoms with Gasteiger partial charge in [-0.3, -0.25) is 19.3 Å². The summed E-state index contributed by atoms with van der Waals surface area (Å²) in [6.07, 6.45) is 0. The fraction of sp³-hybridized carbons (Fsp3) is 0.400. The quantitative estimate of drug-likeness (QED) is 0.813. The first-order valence-corrected chi connectivity index (χ1v) is 9.57. The number of hydrogen-bond acceptors (Lipinski definition) is 5. The summed E-state index contributed by atoms with van der Waals surface area (Å²) in [5.74, 6) is -0.874. The minimum absolute atomic E-state index is 0.230. The van der Waals surface area contributed by atoms with E-state index in [4.69, 9.17) is 0 Å². The molecular formula is C20H24FN5O3. The highest BCUT2D eigenvalue weighted by molar-refractivity contribution is 5.94. The number of carbonyl (C=O) groups excluding carboxylic acids is 2. The van der Waals surface area contributed by atoms with Gasteiger partial charge in [-0.2, -0.15) is 5.10 Å². The smallest absolute Gasteiger partial charge is 0.274 e. The third kappa shape index (κ3) is 4.86. The molecule has 0 bridgehead atoms. The molecule has 2 amide bonds. The summed E-state index contributed by atoms with van der Waals surface area (Å²) in [5.41, 5.74) is 0.400. The predicted octanol–water partition coefficient (Wildman–Crippen LogP) is 1.19. The lowest BCUT2D eigenvalue weighted by atomic mass is 10.2. The van der Waals surface area contributed by atoms with Gasteiger partial charge in [-0.1, -0.05) is 6.07 Å². The molecule has 0 spiro atoms. The second-order valence-electron chi connectivity index (χ2n) is 6.88. The number of hydrogen-bond donors (Lipinski definition) is 1. The van der Waals surface area contributed by atoms with Gasteiger partial charge in [0.1, 0.15) is 11.5 Å². The zero-order valence-electron chi connectivity index (χ0n) is 16.5.